The molecule has 0 bridgehead atoms. The molecule has 22 aromatic rings. The van der Waals surface area contributed by atoms with Crippen LogP contribution in [0.15, 0.2) is 521 Å². The van der Waals surface area contributed by atoms with E-state index in [1.807, 2.05) is 58.3 Å². The zero-order valence-electron chi connectivity index (χ0n) is 72.3. The van der Waals surface area contributed by atoms with E-state index in [1.54, 1.807) is 0 Å². The number of rotatable bonds is 13. The lowest BCUT2D eigenvalue weighted by Crippen LogP contribution is -2.30. The highest BCUT2D eigenvalue weighted by Crippen LogP contribution is 2.67. The van der Waals surface area contributed by atoms with E-state index in [-0.39, 0.29) is 5.41 Å². The predicted octanol–water partition coefficient (Wildman–Crippen LogP) is 36.5. The Kier molecular flexibility index (Phi) is 21.3. The van der Waals surface area contributed by atoms with Gasteiger partial charge in [-0.3, -0.25) is 0 Å². The number of thiophene rings is 2. The standard InChI is InChI=1S/C63H41NS2.C36H27N.C27H15BrS2/c1-3-13-42(14-4-1)44-23-27-46(28-24-44)48-31-35-50(36-32-48)64(51-37-33-49(34-38-51)47-29-25-45(26-30-47)43-15-5-2-6-16-43)52-39-40-55-60(41-52)66-62-61(55)65-59-22-12-11-21-58(59)63(62)56-19-9-7-17-53(56)54-18-8-10-20-57(54)63;1-3-7-27(8-4-1)29-11-15-31(16-12-29)33-19-23-35(24-20-33)37-36-25-21-34(22-26-36)32-17-13-30(14-18-32)28-9-5-2-6-10-28;28-16-13-14-19-24(15-16)30-26-25(19)29-23-12-6-5-11-22(23)27(26)20-9-3-1-7-17(20)18-8-2-4-10-21(18)27/h1-41H;1-26,37H;1-15H. The van der Waals surface area contributed by atoms with Gasteiger partial charge in [-0.1, -0.05) is 452 Å². The average Bonchev–Trinajstić information content (AvgIpc) is 1.52. The SMILES string of the molecule is Brc1ccc2c3c(sc2c1)C1(c2ccccc2S3)c2ccccc2-c2ccccc21.c1ccc(-c2ccc(-c3ccc(N(c4ccc(-c5ccc(-c6ccccc6)cc5)cc4)c4ccc5c6c(sc5c4)C4(c5ccccc5S6)c5ccccc5-c5ccccc54)cc3)cc2)cc1.c1ccc(-c2ccc(-c3ccc(Nc4ccc(-c5ccc(-c6ccccc6)cc5)cc4)cc3)cc2)cc1. The molecule has 20 aromatic carbocycles. The van der Waals surface area contributed by atoms with Crippen LogP contribution in [0, 0.1) is 0 Å². The van der Waals surface area contributed by atoms with Crippen LogP contribution in [0.1, 0.15) is 43.1 Å². The number of nitrogens with one attached hydrogen (secondary N) is 1. The summed E-state index contributed by atoms with van der Waals surface area (Å²) < 4.78 is 3.77. The molecule has 1 N–H and O–H groups in total. The van der Waals surface area contributed by atoms with Crippen molar-refractivity contribution in [2.24, 2.45) is 0 Å². The third-order valence-corrected chi connectivity index (χ3v) is 32.4. The van der Waals surface area contributed by atoms with Crippen molar-refractivity contribution in [3.05, 3.63) is 545 Å². The minimum atomic E-state index is -0.391. The van der Waals surface area contributed by atoms with E-state index in [2.05, 4.69) is 511 Å². The average molecular weight is 1830 g/mol. The molecule has 2 aliphatic heterocycles. The molecule has 628 valence electrons. The zero-order chi connectivity index (χ0) is 88.3. The molecular formula is C126H83BrN2S4. The molecule has 4 aliphatic rings. The van der Waals surface area contributed by atoms with Gasteiger partial charge in [0.1, 0.15) is 0 Å². The Morgan fingerprint density at radius 1 is 0.203 bits per heavy atom. The summed E-state index contributed by atoms with van der Waals surface area (Å²) in [5, 5.41) is 6.19. The van der Waals surface area contributed by atoms with E-state index in [4.69, 9.17) is 0 Å². The molecule has 0 amide bonds. The zero-order valence-corrected chi connectivity index (χ0v) is 77.2. The fraction of sp³-hybridized carbons (Fsp3) is 0.0159. The summed E-state index contributed by atoms with van der Waals surface area (Å²) in [6, 6.07) is 181. The van der Waals surface area contributed by atoms with Crippen molar-refractivity contribution in [1.29, 1.82) is 0 Å². The highest BCUT2D eigenvalue weighted by Gasteiger charge is 2.53. The second-order valence-corrected chi connectivity index (χ2v) is 39.3. The lowest BCUT2D eigenvalue weighted by Gasteiger charge is -2.37. The first-order valence-corrected chi connectivity index (χ1v) is 49.2. The summed E-state index contributed by atoms with van der Waals surface area (Å²) >= 11 is 11.5. The number of halogens is 1. The minimum absolute atomic E-state index is 0.249. The van der Waals surface area contributed by atoms with Crippen molar-refractivity contribution in [1.82, 2.24) is 0 Å². The van der Waals surface area contributed by atoms with Gasteiger partial charge in [-0.15, -0.1) is 22.7 Å². The Morgan fingerprint density at radius 2 is 0.436 bits per heavy atom. The summed E-state index contributed by atoms with van der Waals surface area (Å²) in [5.74, 6) is 0. The molecule has 4 heterocycles. The molecule has 7 heteroatoms. The van der Waals surface area contributed by atoms with Gasteiger partial charge >= 0.3 is 0 Å². The second-order valence-electron chi connectivity index (χ2n) is 34.2. The molecule has 2 nitrogen and oxygen atoms in total. The number of fused-ring (bicyclic) bond motifs is 22. The maximum absolute atomic E-state index is 3.68. The Bertz CT molecular complexity index is 7740. The molecule has 0 fully saturated rings. The third-order valence-electron chi connectivity index (χ3n) is 26.7. The predicted molar refractivity (Wildman–Crippen MR) is 569 cm³/mol. The second kappa shape index (κ2) is 34.8. The molecular weight excluding hydrogens is 1750 g/mol. The molecule has 2 spiro atoms. The molecule has 0 radical (unpaired) electrons. The smallest absolute Gasteiger partial charge is 0.0829 e. The van der Waals surface area contributed by atoms with Crippen LogP contribution in [0.25, 0.3) is 131 Å². The third kappa shape index (κ3) is 14.7. The summed E-state index contributed by atoms with van der Waals surface area (Å²) in [5.41, 5.74) is 38.0. The molecule has 0 saturated heterocycles. The highest BCUT2D eigenvalue weighted by atomic mass is 79.9. The van der Waals surface area contributed by atoms with Gasteiger partial charge in [0.05, 0.1) is 10.8 Å². The van der Waals surface area contributed by atoms with Crippen molar-refractivity contribution in [3.63, 3.8) is 0 Å². The van der Waals surface area contributed by atoms with E-state index < -0.39 is 5.41 Å². The summed E-state index contributed by atoms with van der Waals surface area (Å²) in [7, 11) is 0. The first kappa shape index (κ1) is 81.3. The van der Waals surface area contributed by atoms with E-state index in [9.17, 15) is 0 Å². The van der Waals surface area contributed by atoms with Gasteiger partial charge < -0.3 is 10.2 Å². The van der Waals surface area contributed by atoms with Crippen LogP contribution in [-0.4, -0.2) is 0 Å². The molecule has 0 saturated carbocycles. The summed E-state index contributed by atoms with van der Waals surface area (Å²) in [4.78, 5) is 10.7. The van der Waals surface area contributed by atoms with Gasteiger partial charge in [0, 0.05) is 82.4 Å². The van der Waals surface area contributed by atoms with E-state index >= 15 is 0 Å². The lowest BCUT2D eigenvalue weighted by molar-refractivity contribution is 0.745. The van der Waals surface area contributed by atoms with Crippen LogP contribution in [0.2, 0.25) is 0 Å². The molecule has 0 atom stereocenters. The summed E-state index contributed by atoms with van der Waals surface area (Å²) in [6.07, 6.45) is 0. The normalized spacial score (nSPS) is 12.8. The van der Waals surface area contributed by atoms with Crippen LogP contribution in [0.4, 0.5) is 28.4 Å². The molecule has 133 heavy (non-hydrogen) atoms. The van der Waals surface area contributed by atoms with Crippen LogP contribution >= 0.6 is 62.1 Å². The first-order chi connectivity index (χ1) is 65.8. The number of benzene rings is 20. The maximum Gasteiger partial charge on any atom is 0.0829 e. The Morgan fingerprint density at radius 3 is 0.744 bits per heavy atom. The highest BCUT2D eigenvalue weighted by molar-refractivity contribution is 9.10. The number of hydrogen-bond acceptors (Lipinski definition) is 6. The van der Waals surface area contributed by atoms with Crippen LogP contribution in [-0.2, 0) is 10.8 Å². The van der Waals surface area contributed by atoms with Crippen LogP contribution in [0.5, 0.6) is 0 Å². The topological polar surface area (TPSA) is 15.3 Å². The van der Waals surface area contributed by atoms with E-state index in [0.29, 0.717) is 0 Å². The van der Waals surface area contributed by atoms with Crippen LogP contribution < -0.4 is 10.2 Å². The van der Waals surface area contributed by atoms with E-state index in [1.165, 1.54) is 194 Å². The monoisotopic (exact) mass is 1830 g/mol. The van der Waals surface area contributed by atoms with Crippen molar-refractivity contribution in [2.75, 3.05) is 10.2 Å². The number of nitrogens with zero attached hydrogens (tertiary/aromatic N) is 1. The van der Waals surface area contributed by atoms with E-state index in [0.717, 1.165) is 32.9 Å². The Balaban J connectivity index is 0.000000122. The van der Waals surface area contributed by atoms with Crippen molar-refractivity contribution >= 4 is 111 Å². The van der Waals surface area contributed by atoms with Crippen LogP contribution in [0.3, 0.4) is 0 Å². The fourth-order valence-electron chi connectivity index (χ4n) is 20.3. The van der Waals surface area contributed by atoms with Gasteiger partial charge in [-0.25, -0.2) is 0 Å². The molecule has 0 unspecified atom stereocenters. The Labute approximate surface area is 800 Å². The number of hydrogen-bond donors (Lipinski definition) is 1. The first-order valence-electron chi connectivity index (χ1n) is 45.1. The van der Waals surface area contributed by atoms with Gasteiger partial charge in [-0.05, 0) is 230 Å². The molecule has 2 aliphatic carbocycles. The number of anilines is 5. The quantitative estimate of drug-likeness (QED) is 0.124. The fourth-order valence-corrected chi connectivity index (χ4v) is 26.7. The Hall–Kier alpha value is -14.9. The minimum Gasteiger partial charge on any atom is -0.356 e. The summed E-state index contributed by atoms with van der Waals surface area (Å²) in [6.45, 7) is 0. The molecule has 2 aromatic heterocycles. The lowest BCUT2D eigenvalue weighted by atomic mass is 9.71. The van der Waals surface area contributed by atoms with Crippen molar-refractivity contribution < 1.29 is 0 Å². The van der Waals surface area contributed by atoms with Crippen molar-refractivity contribution in [3.8, 4) is 111 Å². The van der Waals surface area contributed by atoms with Gasteiger partial charge in [0.2, 0.25) is 0 Å². The van der Waals surface area contributed by atoms with Gasteiger partial charge in [0.25, 0.3) is 0 Å². The largest absolute Gasteiger partial charge is 0.356 e. The van der Waals surface area contributed by atoms with Crippen molar-refractivity contribution in [2.45, 2.75) is 30.4 Å². The van der Waals surface area contributed by atoms with Gasteiger partial charge in [0.15, 0.2) is 0 Å². The maximum atomic E-state index is 3.68. The van der Waals surface area contributed by atoms with Gasteiger partial charge in [-0.2, -0.15) is 0 Å². The molecule has 26 rings (SSSR count).